The van der Waals surface area contributed by atoms with E-state index in [1.165, 1.54) is 5.56 Å². The highest BCUT2D eigenvalue weighted by Gasteiger charge is 2.10. The van der Waals surface area contributed by atoms with Crippen LogP contribution in [-0.2, 0) is 13.6 Å². The second kappa shape index (κ2) is 6.12. The van der Waals surface area contributed by atoms with E-state index in [0.29, 0.717) is 12.2 Å². The van der Waals surface area contributed by atoms with Gasteiger partial charge in [-0.1, -0.05) is 42.5 Å². The van der Waals surface area contributed by atoms with Crippen molar-refractivity contribution in [2.24, 2.45) is 7.05 Å². The van der Waals surface area contributed by atoms with Crippen molar-refractivity contribution in [3.8, 4) is 0 Å². The van der Waals surface area contributed by atoms with Crippen LogP contribution in [-0.4, -0.2) is 9.55 Å². The van der Waals surface area contributed by atoms with E-state index in [1.54, 1.807) is 11.6 Å². The summed E-state index contributed by atoms with van der Waals surface area (Å²) in [5.41, 5.74) is 3.39. The van der Waals surface area contributed by atoms with Gasteiger partial charge in [0.1, 0.15) is 5.69 Å². The molecule has 0 saturated heterocycles. The Morgan fingerprint density at radius 2 is 1.77 bits per heavy atom. The van der Waals surface area contributed by atoms with Gasteiger partial charge in [-0.3, -0.25) is 4.79 Å². The number of benzene rings is 2. The topological polar surface area (TPSA) is 46.9 Å². The molecule has 0 aliphatic carbocycles. The van der Waals surface area contributed by atoms with Gasteiger partial charge in [0, 0.05) is 19.6 Å². The Balaban J connectivity index is 1.85. The molecule has 0 aliphatic heterocycles. The van der Waals surface area contributed by atoms with Crippen molar-refractivity contribution in [1.82, 2.24) is 14.9 Å². The lowest BCUT2D eigenvalue weighted by Gasteiger charge is -2.14. The maximum Gasteiger partial charge on any atom is 0.273 e. The molecule has 1 heterocycles. The monoisotopic (exact) mass is 293 g/mol. The summed E-state index contributed by atoms with van der Waals surface area (Å²) in [4.78, 5) is 16.9. The van der Waals surface area contributed by atoms with E-state index in [4.69, 9.17) is 0 Å². The molecule has 0 aliphatic rings. The first-order valence-corrected chi connectivity index (χ1v) is 7.40. The molecule has 0 fully saturated rings. The molecular weight excluding hydrogens is 274 g/mol. The molecule has 3 aromatic rings. The number of nitrogens with one attached hydrogen (secondary N) is 1. The van der Waals surface area contributed by atoms with Crippen LogP contribution < -0.4 is 10.9 Å². The molecule has 4 heteroatoms. The number of fused-ring (bicyclic) bond motifs is 1. The van der Waals surface area contributed by atoms with Gasteiger partial charge in [0.05, 0.1) is 11.0 Å². The fraction of sp³-hybridized carbons (Fsp3) is 0.222. The Labute approximate surface area is 129 Å². The van der Waals surface area contributed by atoms with Crippen LogP contribution in [0.1, 0.15) is 24.2 Å². The molecule has 0 radical (unpaired) electrons. The van der Waals surface area contributed by atoms with Crippen LogP contribution in [0.2, 0.25) is 0 Å². The Bertz CT molecular complexity index is 840. The number of aryl methyl sites for hydroxylation is 1. The summed E-state index contributed by atoms with van der Waals surface area (Å²) in [6.45, 7) is 2.54. The van der Waals surface area contributed by atoms with Crippen LogP contribution >= 0.6 is 0 Å². The summed E-state index contributed by atoms with van der Waals surface area (Å²) >= 11 is 0. The second-order valence-corrected chi connectivity index (χ2v) is 5.42. The van der Waals surface area contributed by atoms with Crippen molar-refractivity contribution in [2.45, 2.75) is 19.5 Å². The van der Waals surface area contributed by atoms with Gasteiger partial charge in [-0.05, 0) is 24.6 Å². The fourth-order valence-electron chi connectivity index (χ4n) is 2.56. The van der Waals surface area contributed by atoms with E-state index in [0.717, 1.165) is 11.0 Å². The van der Waals surface area contributed by atoms with Gasteiger partial charge in [-0.15, -0.1) is 0 Å². The minimum atomic E-state index is -0.0496. The molecule has 2 aromatic carbocycles. The fourth-order valence-corrected chi connectivity index (χ4v) is 2.56. The largest absolute Gasteiger partial charge is 0.308 e. The lowest BCUT2D eigenvalue weighted by atomic mass is 10.1. The number of hydrogen-bond donors (Lipinski definition) is 1. The molecule has 0 amide bonds. The molecule has 0 bridgehead atoms. The SMILES string of the molecule is C[C@@H](NCc1nc2ccccc2n(C)c1=O)c1ccccc1. The third-order valence-electron chi connectivity index (χ3n) is 3.93. The van der Waals surface area contributed by atoms with Crippen LogP contribution in [0.3, 0.4) is 0 Å². The van der Waals surface area contributed by atoms with Crippen molar-refractivity contribution in [2.75, 3.05) is 0 Å². The molecule has 0 saturated carbocycles. The highest BCUT2D eigenvalue weighted by Crippen LogP contribution is 2.12. The Kier molecular flexibility index (Phi) is 4.02. The highest BCUT2D eigenvalue weighted by molar-refractivity contribution is 5.74. The number of para-hydroxylation sites is 2. The van der Waals surface area contributed by atoms with Crippen molar-refractivity contribution in [1.29, 1.82) is 0 Å². The molecule has 0 spiro atoms. The number of aromatic nitrogens is 2. The van der Waals surface area contributed by atoms with Gasteiger partial charge >= 0.3 is 0 Å². The summed E-state index contributed by atoms with van der Waals surface area (Å²) in [7, 11) is 1.79. The molecule has 1 atom stereocenters. The molecule has 4 nitrogen and oxygen atoms in total. The van der Waals surface area contributed by atoms with Gasteiger partial charge < -0.3 is 9.88 Å². The summed E-state index contributed by atoms with van der Waals surface area (Å²) < 4.78 is 1.66. The molecule has 1 N–H and O–H groups in total. The zero-order valence-corrected chi connectivity index (χ0v) is 12.8. The van der Waals surface area contributed by atoms with Gasteiger partial charge in [0.15, 0.2) is 0 Å². The average Bonchev–Trinajstić information content (AvgIpc) is 2.57. The molecule has 22 heavy (non-hydrogen) atoms. The Morgan fingerprint density at radius 3 is 2.55 bits per heavy atom. The molecule has 112 valence electrons. The normalized spacial score (nSPS) is 12.5. The van der Waals surface area contributed by atoms with E-state index in [-0.39, 0.29) is 11.6 Å². The lowest BCUT2D eigenvalue weighted by molar-refractivity contribution is 0.563. The first-order chi connectivity index (χ1) is 10.7. The molecule has 1 aromatic heterocycles. The standard InChI is InChI=1S/C18H19N3O/c1-13(14-8-4-3-5-9-14)19-12-16-18(22)21(2)17-11-7-6-10-15(17)20-16/h3-11,13,19H,12H2,1-2H3/t13-/m1/s1. The van der Waals surface area contributed by atoms with Crippen molar-refractivity contribution in [3.63, 3.8) is 0 Å². The van der Waals surface area contributed by atoms with Crippen molar-refractivity contribution >= 4 is 11.0 Å². The van der Waals surface area contributed by atoms with Gasteiger partial charge in [-0.25, -0.2) is 4.98 Å². The van der Waals surface area contributed by atoms with E-state index in [2.05, 4.69) is 29.4 Å². The van der Waals surface area contributed by atoms with E-state index in [1.807, 2.05) is 42.5 Å². The quantitative estimate of drug-likeness (QED) is 0.804. The van der Waals surface area contributed by atoms with Crippen LogP contribution in [0.25, 0.3) is 11.0 Å². The van der Waals surface area contributed by atoms with Crippen LogP contribution in [0, 0.1) is 0 Å². The van der Waals surface area contributed by atoms with E-state index < -0.39 is 0 Å². The van der Waals surface area contributed by atoms with Crippen molar-refractivity contribution < 1.29 is 0 Å². The molecular formula is C18H19N3O. The summed E-state index contributed by atoms with van der Waals surface area (Å²) in [6.07, 6.45) is 0. The van der Waals surface area contributed by atoms with Crippen LogP contribution in [0.5, 0.6) is 0 Å². The number of hydrogen-bond acceptors (Lipinski definition) is 3. The molecule has 0 unspecified atom stereocenters. The first-order valence-electron chi connectivity index (χ1n) is 7.40. The van der Waals surface area contributed by atoms with E-state index in [9.17, 15) is 4.79 Å². The molecule has 3 rings (SSSR count). The van der Waals surface area contributed by atoms with Crippen LogP contribution in [0.4, 0.5) is 0 Å². The minimum absolute atomic E-state index is 0.0496. The average molecular weight is 293 g/mol. The zero-order chi connectivity index (χ0) is 15.5. The predicted octanol–water partition coefficient (Wildman–Crippen LogP) is 2.78. The third-order valence-corrected chi connectivity index (χ3v) is 3.93. The maximum absolute atomic E-state index is 12.4. The smallest absolute Gasteiger partial charge is 0.273 e. The Morgan fingerprint density at radius 1 is 1.09 bits per heavy atom. The van der Waals surface area contributed by atoms with Gasteiger partial charge in [-0.2, -0.15) is 0 Å². The van der Waals surface area contributed by atoms with Gasteiger partial charge in [0.2, 0.25) is 0 Å². The lowest BCUT2D eigenvalue weighted by Crippen LogP contribution is -2.28. The van der Waals surface area contributed by atoms with Gasteiger partial charge in [0.25, 0.3) is 5.56 Å². The summed E-state index contributed by atoms with van der Waals surface area (Å²) in [6, 6.07) is 18.0. The van der Waals surface area contributed by atoms with Crippen molar-refractivity contribution in [3.05, 3.63) is 76.2 Å². The second-order valence-electron chi connectivity index (χ2n) is 5.42. The highest BCUT2D eigenvalue weighted by atomic mass is 16.1. The summed E-state index contributed by atoms with van der Waals surface area (Å²) in [5.74, 6) is 0. The number of rotatable bonds is 4. The number of nitrogens with zero attached hydrogens (tertiary/aromatic N) is 2. The summed E-state index contributed by atoms with van der Waals surface area (Å²) in [5, 5.41) is 3.37. The predicted molar refractivity (Wildman–Crippen MR) is 88.7 cm³/mol. The maximum atomic E-state index is 12.4. The van der Waals surface area contributed by atoms with Crippen LogP contribution in [0.15, 0.2) is 59.4 Å². The van der Waals surface area contributed by atoms with E-state index >= 15 is 0 Å². The third kappa shape index (κ3) is 2.78. The Hall–Kier alpha value is -2.46. The minimum Gasteiger partial charge on any atom is -0.308 e. The zero-order valence-electron chi connectivity index (χ0n) is 12.8. The first kappa shape index (κ1) is 14.5.